The van der Waals surface area contributed by atoms with Crippen molar-refractivity contribution in [1.82, 2.24) is 4.98 Å². The second kappa shape index (κ2) is 4.26. The lowest BCUT2D eigenvalue weighted by Crippen LogP contribution is -2.16. The average Bonchev–Trinajstić information content (AvgIpc) is 2.04. The molecule has 1 heterocycles. The summed E-state index contributed by atoms with van der Waals surface area (Å²) in [7, 11) is 0. The molecule has 1 aromatic rings. The summed E-state index contributed by atoms with van der Waals surface area (Å²) < 4.78 is 0. The molecule has 1 aromatic heterocycles. The lowest BCUT2D eigenvalue weighted by molar-refractivity contribution is 0.877. The molecule has 0 amide bonds. The van der Waals surface area contributed by atoms with Gasteiger partial charge in [0.2, 0.25) is 0 Å². The molecule has 0 aliphatic heterocycles. The summed E-state index contributed by atoms with van der Waals surface area (Å²) >= 11 is 0. The Labute approximate surface area is 79.0 Å². The van der Waals surface area contributed by atoms with E-state index in [0.29, 0.717) is 0 Å². The molecule has 0 aliphatic carbocycles. The van der Waals surface area contributed by atoms with Crippen LogP contribution in [-0.4, -0.2) is 4.98 Å². The molecule has 0 atom stereocenters. The monoisotopic (exact) mass is 179 g/mol. The van der Waals surface area contributed by atoms with Gasteiger partial charge in [0.25, 0.3) is 5.56 Å². The summed E-state index contributed by atoms with van der Waals surface area (Å²) in [4.78, 5) is 14.3. The Morgan fingerprint density at radius 3 is 2.62 bits per heavy atom. The van der Waals surface area contributed by atoms with E-state index in [4.69, 9.17) is 0 Å². The van der Waals surface area contributed by atoms with Crippen molar-refractivity contribution < 1.29 is 0 Å². The van der Waals surface area contributed by atoms with E-state index in [-0.39, 0.29) is 5.56 Å². The van der Waals surface area contributed by atoms with Crippen molar-refractivity contribution in [2.75, 3.05) is 0 Å². The SMILES string of the molecule is CCCc1cc(C)[nH]c(=O)c1CC. The molecule has 0 bridgehead atoms. The van der Waals surface area contributed by atoms with Crippen molar-refractivity contribution in [2.45, 2.75) is 40.0 Å². The molecule has 2 nitrogen and oxygen atoms in total. The maximum Gasteiger partial charge on any atom is 0.251 e. The summed E-state index contributed by atoms with van der Waals surface area (Å²) in [5.74, 6) is 0. The van der Waals surface area contributed by atoms with E-state index in [1.54, 1.807) is 0 Å². The van der Waals surface area contributed by atoms with Crippen molar-refractivity contribution in [3.63, 3.8) is 0 Å². The van der Waals surface area contributed by atoms with Crippen LogP contribution in [0.1, 0.15) is 37.1 Å². The van der Waals surface area contributed by atoms with Crippen LogP contribution in [0.3, 0.4) is 0 Å². The number of hydrogen-bond donors (Lipinski definition) is 1. The number of hydrogen-bond acceptors (Lipinski definition) is 1. The summed E-state index contributed by atoms with van der Waals surface area (Å²) in [6.07, 6.45) is 2.93. The molecule has 72 valence electrons. The van der Waals surface area contributed by atoms with Gasteiger partial charge in [-0.25, -0.2) is 0 Å². The van der Waals surface area contributed by atoms with Crippen LogP contribution in [0, 0.1) is 6.92 Å². The van der Waals surface area contributed by atoms with Gasteiger partial charge in [0.1, 0.15) is 0 Å². The van der Waals surface area contributed by atoms with Gasteiger partial charge in [0, 0.05) is 11.3 Å². The zero-order chi connectivity index (χ0) is 9.84. The fourth-order valence-electron chi connectivity index (χ4n) is 1.66. The van der Waals surface area contributed by atoms with Gasteiger partial charge >= 0.3 is 0 Å². The predicted octanol–water partition coefficient (Wildman–Crippen LogP) is 2.20. The maximum absolute atomic E-state index is 11.5. The topological polar surface area (TPSA) is 32.9 Å². The molecule has 2 heteroatoms. The zero-order valence-electron chi connectivity index (χ0n) is 8.61. The number of rotatable bonds is 3. The first-order valence-corrected chi connectivity index (χ1v) is 4.90. The first-order chi connectivity index (χ1) is 6.19. The van der Waals surface area contributed by atoms with Gasteiger partial charge in [-0.1, -0.05) is 20.3 Å². The number of aromatic amines is 1. The van der Waals surface area contributed by atoms with Crippen LogP contribution in [0.15, 0.2) is 10.9 Å². The predicted molar refractivity (Wildman–Crippen MR) is 55.2 cm³/mol. The third-order valence-electron chi connectivity index (χ3n) is 2.24. The highest BCUT2D eigenvalue weighted by molar-refractivity contribution is 5.26. The Morgan fingerprint density at radius 1 is 1.38 bits per heavy atom. The van der Waals surface area contributed by atoms with Crippen LogP contribution in [-0.2, 0) is 12.8 Å². The highest BCUT2D eigenvalue weighted by Gasteiger charge is 2.04. The third-order valence-corrected chi connectivity index (χ3v) is 2.24. The van der Waals surface area contributed by atoms with E-state index in [1.807, 2.05) is 13.8 Å². The van der Waals surface area contributed by atoms with Gasteiger partial charge in [0.05, 0.1) is 0 Å². The van der Waals surface area contributed by atoms with Gasteiger partial charge in [-0.3, -0.25) is 4.79 Å². The number of pyridine rings is 1. The van der Waals surface area contributed by atoms with Crippen molar-refractivity contribution >= 4 is 0 Å². The quantitative estimate of drug-likeness (QED) is 0.758. The standard InChI is InChI=1S/C11H17NO/c1-4-6-9-7-8(3)12-11(13)10(9)5-2/h7H,4-6H2,1-3H3,(H,12,13). The van der Waals surface area contributed by atoms with Gasteiger partial charge in [-0.15, -0.1) is 0 Å². The van der Waals surface area contributed by atoms with E-state index < -0.39 is 0 Å². The molecule has 0 radical (unpaired) electrons. The molecule has 0 aromatic carbocycles. The summed E-state index contributed by atoms with van der Waals surface area (Å²) in [6.45, 7) is 6.09. The Morgan fingerprint density at radius 2 is 2.08 bits per heavy atom. The second-order valence-electron chi connectivity index (χ2n) is 3.39. The van der Waals surface area contributed by atoms with Crippen LogP contribution < -0.4 is 5.56 Å². The maximum atomic E-state index is 11.5. The number of H-pyrrole nitrogens is 1. The first-order valence-electron chi connectivity index (χ1n) is 4.90. The second-order valence-corrected chi connectivity index (χ2v) is 3.39. The molecule has 1 N–H and O–H groups in total. The molecule has 0 saturated carbocycles. The summed E-state index contributed by atoms with van der Waals surface area (Å²) in [5, 5.41) is 0. The molecule has 0 spiro atoms. The molecular formula is C11H17NO. The zero-order valence-corrected chi connectivity index (χ0v) is 8.61. The molecule has 0 saturated heterocycles. The Kier molecular flexibility index (Phi) is 3.29. The van der Waals surface area contributed by atoms with E-state index in [1.165, 1.54) is 5.56 Å². The number of aryl methyl sites for hydroxylation is 2. The fourth-order valence-corrected chi connectivity index (χ4v) is 1.66. The minimum atomic E-state index is 0.0888. The average molecular weight is 179 g/mol. The normalized spacial score (nSPS) is 10.4. The largest absolute Gasteiger partial charge is 0.326 e. The first kappa shape index (κ1) is 10.0. The Bertz CT molecular complexity index is 338. The highest BCUT2D eigenvalue weighted by Crippen LogP contribution is 2.08. The fraction of sp³-hybridized carbons (Fsp3) is 0.545. The van der Waals surface area contributed by atoms with Crippen molar-refractivity contribution in [2.24, 2.45) is 0 Å². The lowest BCUT2D eigenvalue weighted by Gasteiger charge is -2.06. The van der Waals surface area contributed by atoms with Gasteiger partial charge in [-0.2, -0.15) is 0 Å². The van der Waals surface area contributed by atoms with Crippen molar-refractivity contribution in [3.05, 3.63) is 33.2 Å². The minimum Gasteiger partial charge on any atom is -0.326 e. The van der Waals surface area contributed by atoms with Crippen LogP contribution in [0.2, 0.25) is 0 Å². The molecule has 1 rings (SSSR count). The van der Waals surface area contributed by atoms with Crippen LogP contribution >= 0.6 is 0 Å². The van der Waals surface area contributed by atoms with E-state index in [0.717, 1.165) is 30.5 Å². The van der Waals surface area contributed by atoms with E-state index in [2.05, 4.69) is 18.0 Å². The molecule has 13 heavy (non-hydrogen) atoms. The Balaban J connectivity index is 3.21. The van der Waals surface area contributed by atoms with Crippen LogP contribution in [0.4, 0.5) is 0 Å². The Hall–Kier alpha value is -1.05. The van der Waals surface area contributed by atoms with Crippen LogP contribution in [0.5, 0.6) is 0 Å². The lowest BCUT2D eigenvalue weighted by atomic mass is 10.0. The number of aromatic nitrogens is 1. The third kappa shape index (κ3) is 2.20. The summed E-state index contributed by atoms with van der Waals surface area (Å²) in [5.41, 5.74) is 3.22. The minimum absolute atomic E-state index is 0.0888. The van der Waals surface area contributed by atoms with Crippen LogP contribution in [0.25, 0.3) is 0 Å². The van der Waals surface area contributed by atoms with Crippen molar-refractivity contribution in [1.29, 1.82) is 0 Å². The van der Waals surface area contributed by atoms with Gasteiger partial charge in [0.15, 0.2) is 0 Å². The highest BCUT2D eigenvalue weighted by atomic mass is 16.1. The van der Waals surface area contributed by atoms with Gasteiger partial charge in [-0.05, 0) is 31.4 Å². The molecule has 0 fully saturated rings. The van der Waals surface area contributed by atoms with E-state index in [9.17, 15) is 4.79 Å². The smallest absolute Gasteiger partial charge is 0.251 e. The summed E-state index contributed by atoms with van der Waals surface area (Å²) in [6, 6.07) is 2.09. The molecule has 0 aliphatic rings. The molecule has 0 unspecified atom stereocenters. The van der Waals surface area contributed by atoms with Gasteiger partial charge < -0.3 is 4.98 Å². The molecular weight excluding hydrogens is 162 g/mol. The van der Waals surface area contributed by atoms with E-state index >= 15 is 0 Å². The number of nitrogens with one attached hydrogen (secondary N) is 1. The van der Waals surface area contributed by atoms with Crippen molar-refractivity contribution in [3.8, 4) is 0 Å².